The van der Waals surface area contributed by atoms with Gasteiger partial charge in [-0.15, -0.1) is 0 Å². The monoisotopic (exact) mass is 1330 g/mol. The van der Waals surface area contributed by atoms with E-state index in [1.165, 1.54) is 96.3 Å². The largest absolute Gasteiger partial charge is 0.374 e. The molecule has 8 atom stereocenters. The number of hydrogen-bond acceptors (Lipinski definition) is 10. The molecule has 0 unspecified atom stereocenters. The molecule has 8 rings (SSSR count). The van der Waals surface area contributed by atoms with Gasteiger partial charge in [-0.2, -0.15) is 0 Å². The van der Waals surface area contributed by atoms with Gasteiger partial charge in [-0.1, -0.05) is 330 Å². The van der Waals surface area contributed by atoms with Gasteiger partial charge >= 0.3 is 0 Å². The van der Waals surface area contributed by atoms with Crippen LogP contribution in [0.25, 0.3) is 0 Å². The zero-order valence-electron chi connectivity index (χ0n) is 58.8. The summed E-state index contributed by atoms with van der Waals surface area (Å²) in [6.07, 6.45) is 26.4. The van der Waals surface area contributed by atoms with Crippen LogP contribution in [0.1, 0.15) is 220 Å². The highest BCUT2D eigenvalue weighted by Crippen LogP contribution is 2.33. The lowest BCUT2D eigenvalue weighted by molar-refractivity contribution is -0.330. The number of hydrogen-bond donors (Lipinski definition) is 2. The van der Waals surface area contributed by atoms with Crippen molar-refractivity contribution in [1.82, 2.24) is 10.6 Å². The van der Waals surface area contributed by atoms with Crippen LogP contribution in [0.3, 0.4) is 0 Å². The van der Waals surface area contributed by atoms with Gasteiger partial charge in [-0.3, -0.25) is 9.59 Å². The van der Waals surface area contributed by atoms with Gasteiger partial charge in [0, 0.05) is 18.9 Å². The highest BCUT2D eigenvalue weighted by molar-refractivity contribution is 5.78. The standard InChI is InChI=1S/C85H118N2O10/c1-2-3-4-5-6-7-8-9-11-14-17-41-58-77(91-62-70-46-29-21-30-47-70)80(92-63-71-48-31-22-32-49-71)76(87-79(88)59-42-18-15-12-10-13-16-19-43-60-86-84(89)75-56-39-26-40-57-75)67-96-85-83(95-66-74-54-37-25-38-55-74)82(94-65-73-52-35-24-36-53-73)81(93-64-72-50-33-23-34-51-72)78(97-85)68-90-61-69-44-27-20-28-45-69/h20-25,27-38,44-55,75-78,80-83,85H,2-19,26,39-43,56-68H2,1H3,(H,86,89)(H,87,88)/t76-,77+,78+,80-,81-,82-,83+,85-/m0/s1. The van der Waals surface area contributed by atoms with Crippen LogP contribution in [0.15, 0.2) is 182 Å². The fourth-order valence-corrected chi connectivity index (χ4v) is 13.5. The summed E-state index contributed by atoms with van der Waals surface area (Å²) in [7, 11) is 0. The zero-order valence-corrected chi connectivity index (χ0v) is 58.8. The van der Waals surface area contributed by atoms with E-state index < -0.39 is 49.0 Å². The number of unbranched alkanes of at least 4 members (excludes halogenated alkanes) is 19. The first-order valence-electron chi connectivity index (χ1n) is 37.7. The summed E-state index contributed by atoms with van der Waals surface area (Å²) in [6.45, 7) is 5.12. The number of ether oxygens (including phenoxy) is 8. The molecule has 2 amide bonds. The molecule has 97 heavy (non-hydrogen) atoms. The van der Waals surface area contributed by atoms with Crippen molar-refractivity contribution in [2.24, 2.45) is 5.92 Å². The zero-order chi connectivity index (χ0) is 67.3. The minimum atomic E-state index is -1.02. The van der Waals surface area contributed by atoms with Crippen molar-refractivity contribution >= 4 is 11.8 Å². The number of carbonyl (C=O) groups excluding carboxylic acids is 2. The molecule has 2 N–H and O–H groups in total. The lowest BCUT2D eigenvalue weighted by Gasteiger charge is -2.46. The average Bonchev–Trinajstić information content (AvgIpc) is 0.849. The molecule has 12 nitrogen and oxygen atoms in total. The molecule has 1 aliphatic carbocycles. The first-order valence-corrected chi connectivity index (χ1v) is 37.7. The molecule has 6 aromatic rings. The maximum atomic E-state index is 14.9. The lowest BCUT2D eigenvalue weighted by Crippen LogP contribution is -2.62. The Morgan fingerprint density at radius 1 is 0.433 bits per heavy atom. The quantitative estimate of drug-likeness (QED) is 0.0356. The van der Waals surface area contributed by atoms with Crippen molar-refractivity contribution in [1.29, 1.82) is 0 Å². The van der Waals surface area contributed by atoms with E-state index in [9.17, 15) is 9.59 Å². The van der Waals surface area contributed by atoms with Gasteiger partial charge in [0.25, 0.3) is 0 Å². The molecule has 1 saturated heterocycles. The van der Waals surface area contributed by atoms with Gasteiger partial charge in [-0.25, -0.2) is 0 Å². The molecule has 6 aromatic carbocycles. The van der Waals surface area contributed by atoms with Gasteiger partial charge in [-0.05, 0) is 65.5 Å². The van der Waals surface area contributed by atoms with Crippen molar-refractivity contribution in [3.8, 4) is 0 Å². The molecule has 1 heterocycles. The van der Waals surface area contributed by atoms with E-state index in [1.807, 2.05) is 97.1 Å². The Morgan fingerprint density at radius 3 is 1.34 bits per heavy atom. The first kappa shape index (κ1) is 76.7. The molecule has 1 saturated carbocycles. The third-order valence-corrected chi connectivity index (χ3v) is 19.2. The summed E-state index contributed by atoms with van der Waals surface area (Å²) in [6, 6.07) is 60.6. The summed E-state index contributed by atoms with van der Waals surface area (Å²) >= 11 is 0. The van der Waals surface area contributed by atoms with Gasteiger partial charge in [0.1, 0.15) is 30.5 Å². The van der Waals surface area contributed by atoms with Crippen LogP contribution in [0, 0.1) is 5.92 Å². The molecule has 528 valence electrons. The van der Waals surface area contributed by atoms with E-state index in [-0.39, 0.29) is 44.2 Å². The second-order valence-electron chi connectivity index (χ2n) is 27.2. The summed E-state index contributed by atoms with van der Waals surface area (Å²) in [5.74, 6) is 0.418. The molecule has 2 fully saturated rings. The van der Waals surface area contributed by atoms with Crippen molar-refractivity contribution in [3.05, 3.63) is 215 Å². The third-order valence-electron chi connectivity index (χ3n) is 19.2. The summed E-state index contributed by atoms with van der Waals surface area (Å²) in [5, 5.41) is 6.76. The van der Waals surface area contributed by atoms with Gasteiger partial charge in [0.05, 0.1) is 65.0 Å². The number of amides is 2. The highest BCUT2D eigenvalue weighted by Gasteiger charge is 2.50. The van der Waals surface area contributed by atoms with E-state index >= 15 is 0 Å². The van der Waals surface area contributed by atoms with E-state index in [1.54, 1.807) is 0 Å². The van der Waals surface area contributed by atoms with Gasteiger partial charge < -0.3 is 48.5 Å². The Morgan fingerprint density at radius 2 is 0.845 bits per heavy atom. The van der Waals surface area contributed by atoms with Crippen LogP contribution in [-0.4, -0.2) is 80.5 Å². The normalized spacial score (nSPS) is 18.3. The number of nitrogens with one attached hydrogen (secondary N) is 2. The molecule has 0 bridgehead atoms. The molecule has 0 spiro atoms. The Hall–Kier alpha value is -6.06. The van der Waals surface area contributed by atoms with Gasteiger partial charge in [0.2, 0.25) is 11.8 Å². The van der Waals surface area contributed by atoms with E-state index in [2.05, 4.69) is 102 Å². The number of benzene rings is 6. The Labute approximate surface area is 583 Å². The Balaban J connectivity index is 1.04. The minimum absolute atomic E-state index is 0.0100. The second-order valence-corrected chi connectivity index (χ2v) is 27.2. The maximum absolute atomic E-state index is 14.9. The molecular formula is C85H118N2O10. The third kappa shape index (κ3) is 30.5. The minimum Gasteiger partial charge on any atom is -0.374 e. The fraction of sp³-hybridized carbons (Fsp3) is 0.553. The first-order chi connectivity index (χ1) is 48.0. The van der Waals surface area contributed by atoms with E-state index in [0.717, 1.165) is 117 Å². The molecular weight excluding hydrogens is 1210 g/mol. The van der Waals surface area contributed by atoms with Crippen molar-refractivity contribution in [2.75, 3.05) is 19.8 Å². The van der Waals surface area contributed by atoms with E-state index in [4.69, 9.17) is 37.9 Å². The Kier molecular flexibility index (Phi) is 37.8. The predicted octanol–water partition coefficient (Wildman–Crippen LogP) is 19.0. The van der Waals surface area contributed by atoms with Crippen LogP contribution in [-0.2, 0) is 87.1 Å². The van der Waals surface area contributed by atoms with Crippen LogP contribution in [0.4, 0.5) is 0 Å². The smallest absolute Gasteiger partial charge is 0.223 e. The average molecular weight is 1330 g/mol. The molecule has 0 radical (unpaired) electrons. The molecule has 2 aliphatic rings. The van der Waals surface area contributed by atoms with Crippen LogP contribution in [0.2, 0.25) is 0 Å². The summed E-state index contributed by atoms with van der Waals surface area (Å²) in [4.78, 5) is 27.5. The second kappa shape index (κ2) is 47.8. The molecule has 12 heteroatoms. The SMILES string of the molecule is CCCCCCCCCCCCCC[C@@H](OCc1ccccc1)[C@@H](OCc1ccccc1)[C@H](CO[C@H]1O[C@H](COCc2ccccc2)[C@H](OCc2ccccc2)[C@H](OCc2ccccc2)[C@H]1OCc1ccccc1)NC(=O)CCCCCCCCCCCNC(=O)C1CCCCC1. The summed E-state index contributed by atoms with van der Waals surface area (Å²) in [5.41, 5.74) is 6.12. The Bertz CT molecular complexity index is 2900. The van der Waals surface area contributed by atoms with E-state index in [0.29, 0.717) is 32.8 Å². The number of rotatable bonds is 51. The van der Waals surface area contributed by atoms with Crippen molar-refractivity contribution in [3.63, 3.8) is 0 Å². The van der Waals surface area contributed by atoms with Crippen molar-refractivity contribution < 1.29 is 47.5 Å². The highest BCUT2D eigenvalue weighted by atomic mass is 16.7. The van der Waals surface area contributed by atoms with Crippen LogP contribution >= 0.6 is 0 Å². The summed E-state index contributed by atoms with van der Waals surface area (Å²) < 4.78 is 57.0. The maximum Gasteiger partial charge on any atom is 0.223 e. The number of carbonyl (C=O) groups is 2. The predicted molar refractivity (Wildman–Crippen MR) is 389 cm³/mol. The molecule has 0 aromatic heterocycles. The molecule has 1 aliphatic heterocycles. The van der Waals surface area contributed by atoms with Crippen molar-refractivity contribution in [2.45, 2.75) is 275 Å². The topological polar surface area (TPSA) is 132 Å². The fourth-order valence-electron chi connectivity index (χ4n) is 13.5. The van der Waals surface area contributed by atoms with Gasteiger partial charge in [0.15, 0.2) is 6.29 Å². The van der Waals surface area contributed by atoms with Crippen LogP contribution in [0.5, 0.6) is 0 Å². The van der Waals surface area contributed by atoms with Crippen LogP contribution < -0.4 is 10.6 Å². The lowest BCUT2D eigenvalue weighted by atomic mass is 9.88.